The summed E-state index contributed by atoms with van der Waals surface area (Å²) in [5, 5.41) is 27.8. The third-order valence-electron chi connectivity index (χ3n) is 5.25. The van der Waals surface area contributed by atoms with Crippen molar-refractivity contribution < 1.29 is 34.4 Å². The van der Waals surface area contributed by atoms with Crippen molar-refractivity contribution in [2.45, 2.75) is 6.54 Å². The number of aliphatic carboxylic acids is 3. The summed E-state index contributed by atoms with van der Waals surface area (Å²) in [4.78, 5) is 41.0. The lowest BCUT2D eigenvalue weighted by Gasteiger charge is -2.31. The Labute approximate surface area is 193 Å². The zero-order valence-electron chi connectivity index (χ0n) is 18.8. The summed E-state index contributed by atoms with van der Waals surface area (Å²) in [5.74, 6) is -2.21. The van der Waals surface area contributed by atoms with Crippen LogP contribution in [-0.2, 0) is 20.9 Å². The zero-order chi connectivity index (χ0) is 24.2. The Morgan fingerprint density at radius 2 is 1.24 bits per heavy atom. The smallest absolute Gasteiger partial charge is 0.323 e. The highest BCUT2D eigenvalue weighted by molar-refractivity contribution is 5.70. The summed E-state index contributed by atoms with van der Waals surface area (Å²) in [6.07, 6.45) is 3.14. The summed E-state index contributed by atoms with van der Waals surface area (Å²) >= 11 is 0. The zero-order valence-corrected chi connectivity index (χ0v) is 18.8. The standard InChI is InChI=1S/C22H32N4O7/c1-33-19-5-3-2-4-18(19)14-23-6-8-24(15-20(27)28)10-12-26(17-22(31)32)13-11-25(9-7-23)16-21(29)30/h2-5,10,12H,6-9,11,13-17H2,1H3,(H,27,28)(H,29,30)(H,31,32)/b12-10-. The van der Waals surface area contributed by atoms with Crippen molar-refractivity contribution in [1.29, 1.82) is 0 Å². The maximum absolute atomic E-state index is 11.3. The highest BCUT2D eigenvalue weighted by Gasteiger charge is 2.18. The highest BCUT2D eigenvalue weighted by atomic mass is 16.5. The summed E-state index contributed by atoms with van der Waals surface area (Å²) in [6, 6.07) is 7.64. The number of carbonyl (C=O) groups is 3. The Balaban J connectivity index is 2.25. The van der Waals surface area contributed by atoms with Gasteiger partial charge in [0.1, 0.15) is 18.8 Å². The molecule has 0 saturated heterocycles. The molecule has 11 nitrogen and oxygen atoms in total. The lowest BCUT2D eigenvalue weighted by atomic mass is 10.2. The minimum Gasteiger partial charge on any atom is -0.496 e. The van der Waals surface area contributed by atoms with E-state index in [1.54, 1.807) is 34.2 Å². The molecule has 0 aliphatic carbocycles. The molecule has 0 fully saturated rings. The van der Waals surface area contributed by atoms with Crippen LogP contribution in [0, 0.1) is 0 Å². The molecule has 182 valence electrons. The summed E-state index contributed by atoms with van der Waals surface area (Å²) in [7, 11) is 1.60. The Bertz CT molecular complexity index is 833. The van der Waals surface area contributed by atoms with Crippen LogP contribution < -0.4 is 4.74 Å². The van der Waals surface area contributed by atoms with E-state index in [1.165, 1.54) is 0 Å². The molecule has 0 aromatic heterocycles. The van der Waals surface area contributed by atoms with Crippen molar-refractivity contribution in [2.24, 2.45) is 0 Å². The van der Waals surface area contributed by atoms with Gasteiger partial charge in [0.25, 0.3) is 0 Å². The minimum absolute atomic E-state index is 0.155. The van der Waals surface area contributed by atoms with Crippen molar-refractivity contribution >= 4 is 17.9 Å². The van der Waals surface area contributed by atoms with Crippen LogP contribution >= 0.6 is 0 Å². The molecule has 0 amide bonds. The van der Waals surface area contributed by atoms with Crippen molar-refractivity contribution in [2.75, 3.05) is 66.0 Å². The van der Waals surface area contributed by atoms with Gasteiger partial charge in [-0.3, -0.25) is 24.2 Å². The Hall–Kier alpha value is -3.31. The van der Waals surface area contributed by atoms with Crippen LogP contribution in [0.15, 0.2) is 36.7 Å². The number of hydrogen-bond acceptors (Lipinski definition) is 8. The molecule has 0 radical (unpaired) electrons. The maximum atomic E-state index is 11.3. The van der Waals surface area contributed by atoms with E-state index in [0.717, 1.165) is 11.3 Å². The van der Waals surface area contributed by atoms with Gasteiger partial charge in [0.05, 0.1) is 13.7 Å². The number of rotatable bonds is 9. The number of carboxylic acids is 3. The first kappa shape index (κ1) is 25.9. The number of benzene rings is 1. The van der Waals surface area contributed by atoms with Gasteiger partial charge in [-0.15, -0.1) is 0 Å². The SMILES string of the molecule is COc1ccccc1CN1CCN(CC(=O)O)/C=C\N(CC(=O)O)CCN(CC(=O)O)CC1. The Kier molecular flexibility index (Phi) is 10.4. The van der Waals surface area contributed by atoms with Crippen molar-refractivity contribution in [3.05, 3.63) is 42.2 Å². The van der Waals surface area contributed by atoms with Gasteiger partial charge in [0.15, 0.2) is 0 Å². The molecule has 2 rings (SSSR count). The molecule has 1 aromatic rings. The second-order valence-corrected chi connectivity index (χ2v) is 7.78. The highest BCUT2D eigenvalue weighted by Crippen LogP contribution is 2.19. The second kappa shape index (κ2) is 13.3. The minimum atomic E-state index is -1.02. The molecule has 0 atom stereocenters. The first-order valence-corrected chi connectivity index (χ1v) is 10.6. The summed E-state index contributed by atoms with van der Waals surface area (Å²) < 4.78 is 5.45. The third-order valence-corrected chi connectivity index (χ3v) is 5.25. The lowest BCUT2D eigenvalue weighted by Crippen LogP contribution is -2.44. The van der Waals surface area contributed by atoms with E-state index >= 15 is 0 Å². The van der Waals surface area contributed by atoms with Gasteiger partial charge in [0.2, 0.25) is 0 Å². The predicted molar refractivity (Wildman–Crippen MR) is 120 cm³/mol. The molecule has 3 N–H and O–H groups in total. The van der Waals surface area contributed by atoms with E-state index in [-0.39, 0.29) is 19.6 Å². The maximum Gasteiger partial charge on any atom is 0.323 e. The van der Waals surface area contributed by atoms with Crippen LogP contribution in [-0.4, -0.2) is 119 Å². The summed E-state index contributed by atoms with van der Waals surface area (Å²) in [6.45, 7) is 2.50. The van der Waals surface area contributed by atoms with Crippen LogP contribution in [0.3, 0.4) is 0 Å². The molecule has 1 aromatic carbocycles. The van der Waals surface area contributed by atoms with Gasteiger partial charge in [-0.25, -0.2) is 0 Å². The summed E-state index contributed by atoms with van der Waals surface area (Å²) in [5.41, 5.74) is 0.977. The van der Waals surface area contributed by atoms with Crippen LogP contribution in [0.5, 0.6) is 5.75 Å². The molecule has 0 unspecified atom stereocenters. The van der Waals surface area contributed by atoms with Crippen molar-refractivity contribution in [3.8, 4) is 5.75 Å². The quantitative estimate of drug-likeness (QED) is 0.461. The molecule has 0 spiro atoms. The van der Waals surface area contributed by atoms with E-state index in [9.17, 15) is 29.7 Å². The fraction of sp³-hybridized carbons (Fsp3) is 0.500. The van der Waals surface area contributed by atoms with Gasteiger partial charge < -0.3 is 29.9 Å². The van der Waals surface area contributed by atoms with Crippen LogP contribution in [0.4, 0.5) is 0 Å². The second-order valence-electron chi connectivity index (χ2n) is 7.78. The predicted octanol–water partition coefficient (Wildman–Crippen LogP) is 0.142. The van der Waals surface area contributed by atoms with E-state index < -0.39 is 17.9 Å². The molecule has 33 heavy (non-hydrogen) atoms. The first-order valence-electron chi connectivity index (χ1n) is 10.6. The average Bonchev–Trinajstić information content (AvgIpc) is 2.74. The number of methoxy groups -OCH3 is 1. The van der Waals surface area contributed by atoms with Crippen LogP contribution in [0.2, 0.25) is 0 Å². The van der Waals surface area contributed by atoms with Crippen molar-refractivity contribution in [1.82, 2.24) is 19.6 Å². The number of hydrogen-bond donors (Lipinski definition) is 3. The van der Waals surface area contributed by atoms with Gasteiger partial charge in [0, 0.05) is 63.8 Å². The topological polar surface area (TPSA) is 134 Å². The molecule has 1 aliphatic rings. The van der Waals surface area contributed by atoms with E-state index in [4.69, 9.17) is 4.74 Å². The van der Waals surface area contributed by atoms with Crippen LogP contribution in [0.1, 0.15) is 5.56 Å². The Morgan fingerprint density at radius 1 is 0.758 bits per heavy atom. The number of carboxylic acid groups (broad SMARTS) is 3. The normalized spacial score (nSPS) is 17.6. The molecule has 0 bridgehead atoms. The molecule has 0 saturated carbocycles. The Morgan fingerprint density at radius 3 is 1.79 bits per heavy atom. The fourth-order valence-corrected chi connectivity index (χ4v) is 3.58. The largest absolute Gasteiger partial charge is 0.496 e. The molecule has 11 heteroatoms. The monoisotopic (exact) mass is 464 g/mol. The van der Waals surface area contributed by atoms with Gasteiger partial charge in [-0.05, 0) is 6.07 Å². The number of para-hydroxylation sites is 1. The third kappa shape index (κ3) is 9.79. The molecular weight excluding hydrogens is 432 g/mol. The van der Waals surface area contributed by atoms with Gasteiger partial charge in [-0.1, -0.05) is 18.2 Å². The average molecular weight is 465 g/mol. The molecule has 1 heterocycles. The van der Waals surface area contributed by atoms with Gasteiger partial charge >= 0.3 is 17.9 Å². The molecule has 1 aliphatic heterocycles. The first-order chi connectivity index (χ1) is 15.8. The lowest BCUT2D eigenvalue weighted by molar-refractivity contribution is -0.139. The van der Waals surface area contributed by atoms with E-state index in [2.05, 4.69) is 4.90 Å². The number of nitrogens with zero attached hydrogens (tertiary/aromatic N) is 4. The number of ether oxygens (including phenoxy) is 1. The van der Waals surface area contributed by atoms with E-state index in [0.29, 0.717) is 45.8 Å². The van der Waals surface area contributed by atoms with Gasteiger partial charge in [-0.2, -0.15) is 0 Å². The van der Waals surface area contributed by atoms with E-state index in [1.807, 2.05) is 24.3 Å². The molecular formula is C22H32N4O7. The van der Waals surface area contributed by atoms with Crippen LogP contribution in [0.25, 0.3) is 0 Å². The fourth-order valence-electron chi connectivity index (χ4n) is 3.58. The van der Waals surface area contributed by atoms with Crippen molar-refractivity contribution in [3.63, 3.8) is 0 Å².